The first-order valence-corrected chi connectivity index (χ1v) is 16.3. The number of nitrogens with zero attached hydrogens (tertiary/aromatic N) is 5. The van der Waals surface area contributed by atoms with Gasteiger partial charge in [-0.2, -0.15) is 4.31 Å². The Kier molecular flexibility index (Phi) is 8.56. The van der Waals surface area contributed by atoms with Crippen LogP contribution in [0.5, 0.6) is 0 Å². The Hall–Kier alpha value is -1.91. The zero-order chi connectivity index (χ0) is 25.8. The number of sulfonamides is 1. The van der Waals surface area contributed by atoms with Crippen molar-refractivity contribution in [1.82, 2.24) is 24.0 Å². The van der Waals surface area contributed by atoms with Gasteiger partial charge in [-0.3, -0.25) is 4.79 Å². The highest BCUT2D eigenvalue weighted by molar-refractivity contribution is 7.99. The lowest BCUT2D eigenvalue weighted by Crippen LogP contribution is -2.49. The predicted octanol–water partition coefficient (Wildman–Crippen LogP) is 4.85. The zero-order valence-corrected chi connectivity index (χ0v) is 23.5. The van der Waals surface area contributed by atoms with Crippen LogP contribution in [0.1, 0.15) is 77.0 Å². The topological polar surface area (TPSA) is 88.4 Å². The Morgan fingerprint density at radius 3 is 2.03 bits per heavy atom. The van der Waals surface area contributed by atoms with Crippen molar-refractivity contribution in [2.24, 2.45) is 7.05 Å². The van der Waals surface area contributed by atoms with E-state index in [1.54, 1.807) is 28.6 Å². The minimum Gasteiger partial charge on any atom is -0.336 e. The normalized spacial score (nSPS) is 20.4. The van der Waals surface area contributed by atoms with Gasteiger partial charge in [-0.25, -0.2) is 8.42 Å². The van der Waals surface area contributed by atoms with Crippen molar-refractivity contribution >= 4 is 27.7 Å². The molecule has 3 fully saturated rings. The van der Waals surface area contributed by atoms with Crippen LogP contribution in [-0.4, -0.2) is 69.2 Å². The molecular formula is C27H39N5O3S2. The van der Waals surface area contributed by atoms with Gasteiger partial charge in [0, 0.05) is 37.8 Å². The molecule has 0 N–H and O–H groups in total. The maximum Gasteiger partial charge on any atom is 0.243 e. The average Bonchev–Trinajstić information content (AvgIpc) is 3.60. The van der Waals surface area contributed by atoms with Crippen molar-refractivity contribution in [3.05, 3.63) is 24.3 Å². The van der Waals surface area contributed by atoms with E-state index in [0.717, 1.165) is 44.1 Å². The summed E-state index contributed by atoms with van der Waals surface area (Å²) < 4.78 is 29.1. The first-order chi connectivity index (χ1) is 17.9. The smallest absolute Gasteiger partial charge is 0.243 e. The lowest BCUT2D eigenvalue weighted by Gasteiger charge is -2.41. The molecule has 10 heteroatoms. The third-order valence-corrected chi connectivity index (χ3v) is 11.1. The summed E-state index contributed by atoms with van der Waals surface area (Å²) in [5.74, 6) is 1.26. The zero-order valence-electron chi connectivity index (χ0n) is 21.8. The van der Waals surface area contributed by atoms with Crippen LogP contribution in [0.15, 0.2) is 34.3 Å². The van der Waals surface area contributed by atoms with Crippen LogP contribution in [0.3, 0.4) is 0 Å². The molecule has 0 atom stereocenters. The van der Waals surface area contributed by atoms with E-state index < -0.39 is 10.0 Å². The maximum absolute atomic E-state index is 13.5. The molecule has 5 rings (SSSR count). The molecule has 37 heavy (non-hydrogen) atoms. The van der Waals surface area contributed by atoms with Crippen molar-refractivity contribution in [1.29, 1.82) is 0 Å². The van der Waals surface area contributed by atoms with E-state index >= 15 is 0 Å². The molecule has 1 aromatic heterocycles. The van der Waals surface area contributed by atoms with E-state index in [0.29, 0.717) is 46.8 Å². The molecule has 0 spiro atoms. The fourth-order valence-corrected chi connectivity index (χ4v) is 8.47. The standard InChI is InChI=1S/C27H39N5O3S2/c1-30-26(21-14-16-24(17-15-21)37(34,35)31-18-8-9-19-31)28-29-27(30)36-20-25(33)32(22-10-4-2-5-11-22)23-12-6-3-7-13-23/h14-17,22-23H,2-13,18-20H2,1H3. The van der Waals surface area contributed by atoms with Gasteiger partial charge in [-0.05, 0) is 62.8 Å². The lowest BCUT2D eigenvalue weighted by molar-refractivity contribution is -0.135. The van der Waals surface area contributed by atoms with Crippen LogP contribution in [0.2, 0.25) is 0 Å². The summed E-state index contributed by atoms with van der Waals surface area (Å²) in [5, 5.41) is 9.42. The van der Waals surface area contributed by atoms with Crippen LogP contribution < -0.4 is 0 Å². The van der Waals surface area contributed by atoms with Crippen LogP contribution in [0.4, 0.5) is 0 Å². The third-order valence-electron chi connectivity index (χ3n) is 8.20. The third kappa shape index (κ3) is 5.91. The second-order valence-corrected chi connectivity index (χ2v) is 13.6. The largest absolute Gasteiger partial charge is 0.336 e. The van der Waals surface area contributed by atoms with E-state index in [-0.39, 0.29) is 5.91 Å². The molecule has 3 aliphatic rings. The number of rotatable bonds is 8. The highest BCUT2D eigenvalue weighted by Gasteiger charge is 2.32. The first-order valence-electron chi connectivity index (χ1n) is 13.9. The summed E-state index contributed by atoms with van der Waals surface area (Å²) >= 11 is 1.45. The van der Waals surface area contributed by atoms with Crippen LogP contribution in [-0.2, 0) is 21.9 Å². The number of hydrogen-bond acceptors (Lipinski definition) is 6. The summed E-state index contributed by atoms with van der Waals surface area (Å²) in [7, 11) is -1.54. The number of thioether (sulfide) groups is 1. The summed E-state index contributed by atoms with van der Waals surface area (Å²) in [6.07, 6.45) is 13.8. The molecule has 1 saturated heterocycles. The molecule has 2 saturated carbocycles. The van der Waals surface area contributed by atoms with Crippen LogP contribution in [0, 0.1) is 0 Å². The van der Waals surface area contributed by atoms with Gasteiger partial charge < -0.3 is 9.47 Å². The van der Waals surface area contributed by atoms with Gasteiger partial charge in [0.15, 0.2) is 11.0 Å². The second-order valence-electron chi connectivity index (χ2n) is 10.7. The Labute approximate surface area is 225 Å². The van der Waals surface area contributed by atoms with Crippen molar-refractivity contribution in [2.45, 2.75) is 99.2 Å². The minimum atomic E-state index is -3.44. The molecular weight excluding hydrogens is 506 g/mol. The number of amides is 1. The summed E-state index contributed by atoms with van der Waals surface area (Å²) in [6.45, 7) is 1.18. The lowest BCUT2D eigenvalue weighted by atomic mass is 9.88. The van der Waals surface area contributed by atoms with Crippen molar-refractivity contribution in [3.63, 3.8) is 0 Å². The van der Waals surface area contributed by atoms with Gasteiger partial charge in [0.1, 0.15) is 0 Å². The van der Waals surface area contributed by atoms with Crippen LogP contribution >= 0.6 is 11.8 Å². The van der Waals surface area contributed by atoms with E-state index in [1.807, 2.05) is 11.6 Å². The predicted molar refractivity (Wildman–Crippen MR) is 146 cm³/mol. The fraction of sp³-hybridized carbons (Fsp3) is 0.667. The number of carbonyl (C=O) groups is 1. The first kappa shape index (κ1) is 26.7. The molecule has 0 radical (unpaired) electrons. The Morgan fingerprint density at radius 1 is 0.892 bits per heavy atom. The molecule has 1 aromatic carbocycles. The van der Waals surface area contributed by atoms with Gasteiger partial charge in [-0.15, -0.1) is 10.2 Å². The minimum absolute atomic E-state index is 0.227. The summed E-state index contributed by atoms with van der Waals surface area (Å²) in [5.41, 5.74) is 0.805. The van der Waals surface area contributed by atoms with Gasteiger partial charge in [0.25, 0.3) is 0 Å². The second kappa shape index (κ2) is 11.9. The van der Waals surface area contributed by atoms with Gasteiger partial charge in [0.2, 0.25) is 15.9 Å². The Balaban J connectivity index is 1.26. The molecule has 0 bridgehead atoms. The monoisotopic (exact) mass is 545 g/mol. The molecule has 2 heterocycles. The van der Waals surface area contributed by atoms with Crippen LogP contribution in [0.25, 0.3) is 11.4 Å². The van der Waals surface area contributed by atoms with Crippen molar-refractivity contribution in [2.75, 3.05) is 18.8 Å². The maximum atomic E-state index is 13.5. The van der Waals surface area contributed by atoms with Crippen molar-refractivity contribution in [3.8, 4) is 11.4 Å². The van der Waals surface area contributed by atoms with Gasteiger partial charge in [-0.1, -0.05) is 50.3 Å². The Morgan fingerprint density at radius 2 is 1.46 bits per heavy atom. The molecule has 2 aromatic rings. The number of benzene rings is 1. The fourth-order valence-electron chi connectivity index (χ4n) is 6.17. The van der Waals surface area contributed by atoms with E-state index in [1.165, 1.54) is 50.3 Å². The quantitative estimate of drug-likeness (QED) is 0.441. The molecule has 8 nitrogen and oxygen atoms in total. The van der Waals surface area contributed by atoms with Crippen molar-refractivity contribution < 1.29 is 13.2 Å². The SMILES string of the molecule is Cn1c(SCC(=O)N(C2CCCCC2)C2CCCCC2)nnc1-c1ccc(S(=O)(=O)N2CCCC2)cc1. The van der Waals surface area contributed by atoms with Gasteiger partial charge >= 0.3 is 0 Å². The van der Waals surface area contributed by atoms with E-state index in [9.17, 15) is 13.2 Å². The number of hydrogen-bond donors (Lipinski definition) is 0. The summed E-state index contributed by atoms with van der Waals surface area (Å²) in [6, 6.07) is 7.66. The van der Waals surface area contributed by atoms with E-state index in [2.05, 4.69) is 15.1 Å². The molecule has 202 valence electrons. The highest BCUT2D eigenvalue weighted by atomic mass is 32.2. The molecule has 1 aliphatic heterocycles. The van der Waals surface area contributed by atoms with E-state index in [4.69, 9.17) is 0 Å². The number of carbonyl (C=O) groups excluding carboxylic acids is 1. The number of aromatic nitrogens is 3. The molecule has 1 amide bonds. The Bertz CT molecular complexity index is 1150. The average molecular weight is 546 g/mol. The molecule has 0 unspecified atom stereocenters. The molecule has 2 aliphatic carbocycles. The highest BCUT2D eigenvalue weighted by Crippen LogP contribution is 2.32. The van der Waals surface area contributed by atoms with Gasteiger partial charge in [0.05, 0.1) is 10.6 Å². The summed E-state index contributed by atoms with van der Waals surface area (Å²) in [4.78, 5) is 16.1.